The van der Waals surface area contributed by atoms with Crippen molar-refractivity contribution in [2.24, 2.45) is 0 Å². The largest absolute Gasteiger partial charge is 0.449 e. The number of hydrogen-bond acceptors (Lipinski definition) is 5. The summed E-state index contributed by atoms with van der Waals surface area (Å²) < 4.78 is 68.7. The Labute approximate surface area is 188 Å². The number of aryl methyl sites for hydroxylation is 1. The molecule has 176 valence electrons. The second-order valence-electron chi connectivity index (χ2n) is 7.73. The van der Waals surface area contributed by atoms with E-state index >= 15 is 0 Å². The van der Waals surface area contributed by atoms with E-state index in [9.17, 15) is 26.4 Å². The quantitative estimate of drug-likeness (QED) is 0.560. The Balaban J connectivity index is 1.56. The van der Waals surface area contributed by atoms with E-state index in [2.05, 4.69) is 15.3 Å². The number of sulfonamides is 1. The number of amides is 1. The molecule has 2 aromatic heterocycles. The number of hydrogen-bond donors (Lipinski definition) is 1. The number of halogens is 3. The van der Waals surface area contributed by atoms with Crippen molar-refractivity contribution in [1.29, 1.82) is 0 Å². The number of nitrogens with one attached hydrogen (secondary N) is 1. The summed E-state index contributed by atoms with van der Waals surface area (Å²) >= 11 is 0. The summed E-state index contributed by atoms with van der Waals surface area (Å²) in [5.74, 6) is -1.60. The van der Waals surface area contributed by atoms with Gasteiger partial charge >= 0.3 is 6.18 Å². The van der Waals surface area contributed by atoms with Crippen LogP contribution in [-0.2, 0) is 34.1 Å². The van der Waals surface area contributed by atoms with Crippen molar-refractivity contribution in [2.75, 3.05) is 13.1 Å². The van der Waals surface area contributed by atoms with E-state index in [0.717, 1.165) is 29.0 Å². The van der Waals surface area contributed by atoms with Gasteiger partial charge in [0.05, 0.1) is 15.9 Å². The Morgan fingerprint density at radius 3 is 2.58 bits per heavy atom. The van der Waals surface area contributed by atoms with E-state index in [1.54, 1.807) is 24.5 Å². The first-order chi connectivity index (χ1) is 15.7. The lowest BCUT2D eigenvalue weighted by Gasteiger charge is -2.15. The Hall–Kier alpha value is -2.99. The molecular weight excluding hydrogens is 459 g/mol. The zero-order chi connectivity index (χ0) is 23.6. The number of imidazole rings is 1. The molecule has 1 fully saturated rings. The van der Waals surface area contributed by atoms with Crippen LogP contribution in [0, 0.1) is 0 Å². The van der Waals surface area contributed by atoms with Gasteiger partial charge in [-0.3, -0.25) is 9.78 Å². The first kappa shape index (κ1) is 23.2. The van der Waals surface area contributed by atoms with Crippen LogP contribution in [-0.4, -0.2) is 46.3 Å². The van der Waals surface area contributed by atoms with E-state index in [1.165, 1.54) is 16.4 Å². The van der Waals surface area contributed by atoms with Gasteiger partial charge in [0.2, 0.25) is 21.8 Å². The predicted molar refractivity (Wildman–Crippen MR) is 113 cm³/mol. The first-order valence-corrected chi connectivity index (χ1v) is 11.8. The van der Waals surface area contributed by atoms with Crippen LogP contribution < -0.4 is 5.32 Å². The molecule has 4 rings (SSSR count). The lowest BCUT2D eigenvalue weighted by Crippen LogP contribution is -2.27. The van der Waals surface area contributed by atoms with E-state index in [4.69, 9.17) is 0 Å². The highest BCUT2D eigenvalue weighted by Crippen LogP contribution is 2.33. The SMILES string of the molecule is O=C(CCn1c(C(F)(F)F)nc2cc(S(=O)(=O)N3CCCC3)ccc21)NCc1cccnc1. The molecule has 0 spiro atoms. The highest BCUT2D eigenvalue weighted by Gasteiger charge is 2.38. The van der Waals surface area contributed by atoms with E-state index < -0.39 is 27.9 Å². The van der Waals surface area contributed by atoms with Crippen molar-refractivity contribution in [3.05, 3.63) is 54.1 Å². The normalized spacial score (nSPS) is 15.2. The minimum absolute atomic E-state index is 0.0848. The fourth-order valence-corrected chi connectivity index (χ4v) is 5.33. The van der Waals surface area contributed by atoms with Crippen LogP contribution in [0.2, 0.25) is 0 Å². The molecule has 3 heterocycles. The number of fused-ring (bicyclic) bond motifs is 1. The van der Waals surface area contributed by atoms with Gasteiger partial charge < -0.3 is 9.88 Å². The molecule has 8 nitrogen and oxygen atoms in total. The second-order valence-corrected chi connectivity index (χ2v) is 9.67. The van der Waals surface area contributed by atoms with Crippen LogP contribution >= 0.6 is 0 Å². The number of carbonyl (C=O) groups is 1. The smallest absolute Gasteiger partial charge is 0.352 e. The standard InChI is InChI=1S/C21H22F3N5O3S/c22-21(23,24)20-27-17-12-16(33(31,32)28-9-1-2-10-28)5-6-18(17)29(20)11-7-19(30)26-14-15-4-3-8-25-13-15/h3-6,8,12-13H,1-2,7,9-11,14H2,(H,26,30). The Morgan fingerprint density at radius 2 is 1.91 bits per heavy atom. The van der Waals surface area contributed by atoms with Gasteiger partial charge in [-0.1, -0.05) is 6.07 Å². The summed E-state index contributed by atoms with van der Waals surface area (Å²) in [5.41, 5.74) is 0.794. The third-order valence-corrected chi connectivity index (χ3v) is 7.35. The molecule has 12 heteroatoms. The highest BCUT2D eigenvalue weighted by molar-refractivity contribution is 7.89. The lowest BCUT2D eigenvalue weighted by atomic mass is 10.2. The van der Waals surface area contributed by atoms with E-state index in [1.807, 2.05) is 0 Å². The maximum Gasteiger partial charge on any atom is 0.449 e. The third kappa shape index (κ3) is 5.01. The van der Waals surface area contributed by atoms with Crippen LogP contribution in [0.1, 0.15) is 30.7 Å². The minimum atomic E-state index is -4.76. The van der Waals surface area contributed by atoms with Crippen LogP contribution in [0.3, 0.4) is 0 Å². The van der Waals surface area contributed by atoms with Crippen molar-refractivity contribution in [1.82, 2.24) is 24.2 Å². The molecule has 0 aliphatic carbocycles. The van der Waals surface area contributed by atoms with Gasteiger partial charge in [-0.05, 0) is 42.7 Å². The summed E-state index contributed by atoms with van der Waals surface area (Å²) in [6, 6.07) is 7.25. The van der Waals surface area contributed by atoms with Gasteiger partial charge in [-0.25, -0.2) is 13.4 Å². The van der Waals surface area contributed by atoms with E-state index in [0.29, 0.717) is 13.1 Å². The van der Waals surface area contributed by atoms with Crippen LogP contribution in [0.5, 0.6) is 0 Å². The minimum Gasteiger partial charge on any atom is -0.352 e. The molecule has 0 radical (unpaired) electrons. The average Bonchev–Trinajstić information content (AvgIpc) is 3.45. The van der Waals surface area contributed by atoms with Gasteiger partial charge in [-0.15, -0.1) is 0 Å². The molecule has 1 aromatic carbocycles. The molecule has 1 saturated heterocycles. The fourth-order valence-electron chi connectivity index (χ4n) is 3.80. The van der Waals surface area contributed by atoms with Gasteiger partial charge in [-0.2, -0.15) is 17.5 Å². The van der Waals surface area contributed by atoms with Gasteiger partial charge in [0.15, 0.2) is 0 Å². The molecule has 1 amide bonds. The molecule has 1 aliphatic rings. The van der Waals surface area contributed by atoms with Crippen molar-refractivity contribution >= 4 is 27.0 Å². The number of nitrogens with zero attached hydrogens (tertiary/aromatic N) is 4. The number of benzene rings is 1. The molecule has 1 N–H and O–H groups in total. The molecule has 33 heavy (non-hydrogen) atoms. The first-order valence-electron chi connectivity index (χ1n) is 10.4. The van der Waals surface area contributed by atoms with Gasteiger partial charge in [0, 0.05) is 45.0 Å². The summed E-state index contributed by atoms with van der Waals surface area (Å²) in [7, 11) is -3.80. The Kier molecular flexibility index (Phi) is 6.39. The van der Waals surface area contributed by atoms with Crippen LogP contribution in [0.15, 0.2) is 47.6 Å². The average molecular weight is 482 g/mol. The number of carbonyl (C=O) groups excluding carboxylic acids is 1. The highest BCUT2D eigenvalue weighted by atomic mass is 32.2. The molecule has 0 atom stereocenters. The Bertz CT molecular complexity index is 1250. The van der Waals surface area contributed by atoms with Crippen molar-refractivity contribution in [3.63, 3.8) is 0 Å². The van der Waals surface area contributed by atoms with Crippen LogP contribution in [0.4, 0.5) is 13.2 Å². The van der Waals surface area contributed by atoms with Crippen molar-refractivity contribution in [3.8, 4) is 0 Å². The van der Waals surface area contributed by atoms with Crippen molar-refractivity contribution in [2.45, 2.75) is 43.4 Å². The maximum atomic E-state index is 13.6. The fraction of sp³-hybridized carbons (Fsp3) is 0.381. The van der Waals surface area contributed by atoms with E-state index in [-0.39, 0.29) is 35.4 Å². The monoisotopic (exact) mass is 481 g/mol. The summed E-state index contributed by atoms with van der Waals surface area (Å²) in [6.45, 7) is 0.719. The number of pyridine rings is 1. The molecular formula is C21H22F3N5O3S. The molecule has 1 aliphatic heterocycles. The zero-order valence-corrected chi connectivity index (χ0v) is 18.4. The summed E-state index contributed by atoms with van der Waals surface area (Å²) in [6.07, 6.45) is -0.300. The zero-order valence-electron chi connectivity index (χ0n) is 17.5. The molecule has 3 aromatic rings. The maximum absolute atomic E-state index is 13.6. The van der Waals surface area contributed by atoms with Gasteiger partial charge in [0.1, 0.15) is 0 Å². The number of rotatable bonds is 7. The topological polar surface area (TPSA) is 97.2 Å². The molecule has 0 unspecified atom stereocenters. The molecule has 0 saturated carbocycles. The number of aromatic nitrogens is 3. The second kappa shape index (κ2) is 9.10. The summed E-state index contributed by atoms with van der Waals surface area (Å²) in [4.78, 5) is 19.7. The molecule has 0 bridgehead atoms. The van der Waals surface area contributed by atoms with Gasteiger partial charge in [0.25, 0.3) is 0 Å². The van der Waals surface area contributed by atoms with Crippen LogP contribution in [0.25, 0.3) is 11.0 Å². The number of alkyl halides is 3. The Morgan fingerprint density at radius 1 is 1.15 bits per heavy atom. The van der Waals surface area contributed by atoms with Crippen molar-refractivity contribution < 1.29 is 26.4 Å². The predicted octanol–water partition coefficient (Wildman–Crippen LogP) is 2.94. The lowest BCUT2D eigenvalue weighted by molar-refractivity contribution is -0.147. The third-order valence-electron chi connectivity index (χ3n) is 5.45. The summed E-state index contributed by atoms with van der Waals surface area (Å²) in [5, 5.41) is 2.65.